The van der Waals surface area contributed by atoms with Crippen LogP contribution in [-0.4, -0.2) is 62.2 Å². The number of aryl methyl sites for hydroxylation is 1. The van der Waals surface area contributed by atoms with Gasteiger partial charge in [0.2, 0.25) is 5.91 Å². The second-order valence-electron chi connectivity index (χ2n) is 7.40. The van der Waals surface area contributed by atoms with Gasteiger partial charge in [-0.25, -0.2) is 0 Å². The van der Waals surface area contributed by atoms with E-state index < -0.39 is 6.10 Å². The molecule has 2 aromatic carbocycles. The average molecular weight is 474 g/mol. The normalized spacial score (nSPS) is 18.4. The highest BCUT2D eigenvalue weighted by Crippen LogP contribution is 2.33. The van der Waals surface area contributed by atoms with E-state index in [1.165, 1.54) is 0 Å². The fourth-order valence-electron chi connectivity index (χ4n) is 3.62. The Kier molecular flexibility index (Phi) is 6.24. The quantitative estimate of drug-likeness (QED) is 0.738. The molecule has 158 valence electrons. The molecule has 1 fully saturated rings. The van der Waals surface area contributed by atoms with Crippen molar-refractivity contribution in [2.24, 2.45) is 0 Å². The number of benzene rings is 2. The molecule has 0 aliphatic carbocycles. The third kappa shape index (κ3) is 4.60. The van der Waals surface area contributed by atoms with E-state index in [1.807, 2.05) is 54.3 Å². The zero-order valence-corrected chi connectivity index (χ0v) is 18.4. The first kappa shape index (κ1) is 20.7. The predicted molar refractivity (Wildman–Crippen MR) is 118 cm³/mol. The molecule has 30 heavy (non-hydrogen) atoms. The second kappa shape index (κ2) is 9.06. The van der Waals surface area contributed by atoms with Crippen LogP contribution in [0.4, 0.5) is 11.4 Å². The molecule has 2 heterocycles. The zero-order valence-electron chi connectivity index (χ0n) is 16.8. The van der Waals surface area contributed by atoms with Crippen molar-refractivity contribution in [1.82, 2.24) is 4.90 Å². The molecule has 4 rings (SSSR count). The van der Waals surface area contributed by atoms with Crippen molar-refractivity contribution in [3.63, 3.8) is 0 Å². The Morgan fingerprint density at radius 3 is 2.70 bits per heavy atom. The monoisotopic (exact) mass is 473 g/mol. The molecular formula is C22H24BrN3O4. The lowest BCUT2D eigenvalue weighted by Gasteiger charge is -2.38. The highest BCUT2D eigenvalue weighted by atomic mass is 79.9. The number of amides is 2. The summed E-state index contributed by atoms with van der Waals surface area (Å²) in [5.74, 6) is 0.391. The number of nitrogens with zero attached hydrogens (tertiary/aromatic N) is 2. The Bertz CT molecular complexity index is 946. The molecule has 7 nitrogen and oxygen atoms in total. The molecule has 1 saturated heterocycles. The number of hydrogen-bond acceptors (Lipinski definition) is 5. The number of ether oxygens (including phenoxy) is 2. The van der Waals surface area contributed by atoms with Crippen LogP contribution in [0.15, 0.2) is 46.9 Å². The first-order chi connectivity index (χ1) is 14.5. The molecule has 1 atom stereocenters. The lowest BCUT2D eigenvalue weighted by molar-refractivity contribution is -0.142. The minimum atomic E-state index is -0.653. The van der Waals surface area contributed by atoms with Gasteiger partial charge in [-0.3, -0.25) is 9.59 Å². The number of anilines is 2. The van der Waals surface area contributed by atoms with Gasteiger partial charge in [-0.15, -0.1) is 0 Å². The number of carbonyl (C=O) groups is 2. The topological polar surface area (TPSA) is 71.1 Å². The zero-order chi connectivity index (χ0) is 21.1. The van der Waals surface area contributed by atoms with Gasteiger partial charge in [-0.05, 0) is 36.8 Å². The number of morpholine rings is 1. The second-order valence-corrected chi connectivity index (χ2v) is 8.26. The third-order valence-corrected chi connectivity index (χ3v) is 6.10. The van der Waals surface area contributed by atoms with E-state index in [1.54, 1.807) is 4.90 Å². The summed E-state index contributed by atoms with van der Waals surface area (Å²) in [6.07, 6.45) is -0.653. The Hall–Kier alpha value is -2.58. The lowest BCUT2D eigenvalue weighted by Crippen LogP contribution is -2.53. The number of nitrogens with one attached hydrogen (secondary N) is 1. The van der Waals surface area contributed by atoms with E-state index in [4.69, 9.17) is 9.47 Å². The molecule has 0 spiro atoms. The number of fused-ring (bicyclic) bond motifs is 1. The maximum Gasteiger partial charge on any atom is 0.265 e. The van der Waals surface area contributed by atoms with Gasteiger partial charge in [-0.1, -0.05) is 34.1 Å². The van der Waals surface area contributed by atoms with Crippen LogP contribution in [0.25, 0.3) is 0 Å². The molecule has 2 aliphatic heterocycles. The van der Waals surface area contributed by atoms with E-state index in [9.17, 15) is 9.59 Å². The van der Waals surface area contributed by atoms with Crippen molar-refractivity contribution in [1.29, 1.82) is 0 Å². The summed E-state index contributed by atoms with van der Waals surface area (Å²) < 4.78 is 12.3. The summed E-state index contributed by atoms with van der Waals surface area (Å²) in [5, 5.41) is 2.93. The third-order valence-electron chi connectivity index (χ3n) is 5.25. The first-order valence-electron chi connectivity index (χ1n) is 9.94. The van der Waals surface area contributed by atoms with Crippen LogP contribution < -0.4 is 15.0 Å². The first-order valence-corrected chi connectivity index (χ1v) is 10.7. The molecule has 0 aromatic heterocycles. The molecule has 0 unspecified atom stereocenters. The lowest BCUT2D eigenvalue weighted by atomic mass is 10.1. The number of halogens is 1. The Morgan fingerprint density at radius 2 is 1.93 bits per heavy atom. The molecule has 2 amide bonds. The molecule has 2 aliphatic rings. The van der Waals surface area contributed by atoms with Crippen molar-refractivity contribution >= 4 is 39.1 Å². The van der Waals surface area contributed by atoms with Gasteiger partial charge in [0.25, 0.3) is 5.91 Å². The largest absolute Gasteiger partial charge is 0.477 e. The van der Waals surface area contributed by atoms with E-state index in [0.29, 0.717) is 38.6 Å². The summed E-state index contributed by atoms with van der Waals surface area (Å²) in [4.78, 5) is 29.4. The van der Waals surface area contributed by atoms with Crippen LogP contribution >= 0.6 is 15.9 Å². The fraction of sp³-hybridized carbons (Fsp3) is 0.364. The fourth-order valence-corrected chi connectivity index (χ4v) is 4.00. The Balaban J connectivity index is 1.48. The van der Waals surface area contributed by atoms with Gasteiger partial charge < -0.3 is 24.6 Å². The van der Waals surface area contributed by atoms with Crippen molar-refractivity contribution in [3.05, 3.63) is 52.5 Å². The molecule has 8 heteroatoms. The summed E-state index contributed by atoms with van der Waals surface area (Å²) in [6, 6.07) is 13.2. The highest BCUT2D eigenvalue weighted by Gasteiger charge is 2.34. The summed E-state index contributed by atoms with van der Waals surface area (Å²) in [5.41, 5.74) is 2.63. The van der Waals surface area contributed by atoms with Gasteiger partial charge in [0.05, 0.1) is 32.0 Å². The van der Waals surface area contributed by atoms with Crippen LogP contribution in [0.3, 0.4) is 0 Å². The Morgan fingerprint density at radius 1 is 1.17 bits per heavy atom. The molecule has 0 radical (unpaired) electrons. The van der Waals surface area contributed by atoms with E-state index in [0.717, 1.165) is 21.4 Å². The van der Waals surface area contributed by atoms with Gasteiger partial charge in [-0.2, -0.15) is 0 Å². The van der Waals surface area contributed by atoms with E-state index in [-0.39, 0.29) is 18.4 Å². The smallest absolute Gasteiger partial charge is 0.265 e. The maximum atomic E-state index is 13.0. The summed E-state index contributed by atoms with van der Waals surface area (Å²) in [6.45, 7) is 4.62. The molecule has 0 bridgehead atoms. The number of rotatable bonds is 4. The van der Waals surface area contributed by atoms with Gasteiger partial charge in [0.15, 0.2) is 6.10 Å². The van der Waals surface area contributed by atoms with Crippen LogP contribution in [0.1, 0.15) is 5.56 Å². The van der Waals surface area contributed by atoms with Crippen molar-refractivity contribution in [2.45, 2.75) is 13.0 Å². The molecular weight excluding hydrogens is 450 g/mol. The number of carbonyl (C=O) groups excluding carboxylic acids is 2. The Labute approximate surface area is 184 Å². The van der Waals surface area contributed by atoms with Crippen LogP contribution in [0, 0.1) is 6.92 Å². The summed E-state index contributed by atoms with van der Waals surface area (Å²) >= 11 is 3.49. The SMILES string of the molecule is Cc1ccc(NC(=O)CN2C[C@H](C(=O)N3CCOCC3)Oc3ccccc32)cc1Br. The van der Waals surface area contributed by atoms with Gasteiger partial charge in [0.1, 0.15) is 5.75 Å². The number of para-hydroxylation sites is 2. The minimum absolute atomic E-state index is 0.0688. The average Bonchev–Trinajstić information content (AvgIpc) is 2.76. The van der Waals surface area contributed by atoms with Gasteiger partial charge >= 0.3 is 0 Å². The minimum Gasteiger partial charge on any atom is -0.477 e. The van der Waals surface area contributed by atoms with E-state index >= 15 is 0 Å². The van der Waals surface area contributed by atoms with Crippen molar-refractivity contribution in [2.75, 3.05) is 49.6 Å². The number of hydrogen-bond donors (Lipinski definition) is 1. The van der Waals surface area contributed by atoms with Crippen molar-refractivity contribution in [3.8, 4) is 5.75 Å². The summed E-state index contributed by atoms with van der Waals surface area (Å²) in [7, 11) is 0. The molecule has 2 aromatic rings. The van der Waals surface area contributed by atoms with Crippen LogP contribution in [0.2, 0.25) is 0 Å². The maximum absolute atomic E-state index is 13.0. The van der Waals surface area contributed by atoms with Crippen LogP contribution in [-0.2, 0) is 14.3 Å². The highest BCUT2D eigenvalue weighted by molar-refractivity contribution is 9.10. The standard InChI is InChI=1S/C22H24BrN3O4/c1-15-6-7-16(12-17(15)23)24-21(27)14-26-13-20(22(28)25-8-10-29-11-9-25)30-19-5-3-2-4-18(19)26/h2-7,12,20H,8-11,13-14H2,1H3,(H,24,27)/t20-/m1/s1. The van der Waals surface area contributed by atoms with Gasteiger partial charge in [0, 0.05) is 23.2 Å². The molecule has 1 N–H and O–H groups in total. The van der Waals surface area contributed by atoms with Crippen LogP contribution in [0.5, 0.6) is 5.75 Å². The van der Waals surface area contributed by atoms with E-state index in [2.05, 4.69) is 21.2 Å². The molecule has 0 saturated carbocycles. The van der Waals surface area contributed by atoms with Crippen molar-refractivity contribution < 1.29 is 19.1 Å². The predicted octanol–water partition coefficient (Wildman–Crippen LogP) is 2.82.